The molecule has 0 amide bonds. The van der Waals surface area contributed by atoms with Gasteiger partial charge < -0.3 is 9.84 Å². The summed E-state index contributed by atoms with van der Waals surface area (Å²) in [5.74, 6) is 0.684. The molecule has 1 heterocycles. The van der Waals surface area contributed by atoms with Crippen molar-refractivity contribution >= 4 is 21.4 Å². The molecule has 7 heteroatoms. The van der Waals surface area contributed by atoms with E-state index in [1.54, 1.807) is 13.0 Å². The van der Waals surface area contributed by atoms with Crippen LogP contribution in [0, 0.1) is 12.8 Å². The predicted octanol–water partition coefficient (Wildman–Crippen LogP) is 1.25. The van der Waals surface area contributed by atoms with Crippen LogP contribution >= 0.6 is 11.3 Å². The van der Waals surface area contributed by atoms with E-state index in [-0.39, 0.29) is 17.4 Å². The van der Waals surface area contributed by atoms with E-state index in [2.05, 4.69) is 4.72 Å². The Labute approximate surface area is 117 Å². The lowest BCUT2D eigenvalue weighted by atomic mass is 10.3. The molecule has 0 bridgehead atoms. The van der Waals surface area contributed by atoms with Gasteiger partial charge in [-0.25, -0.2) is 13.1 Å². The molecule has 0 atom stereocenters. The number of aliphatic hydroxyl groups is 1. The van der Waals surface area contributed by atoms with Crippen molar-refractivity contribution in [3.05, 3.63) is 16.5 Å². The van der Waals surface area contributed by atoms with Crippen molar-refractivity contribution in [1.29, 1.82) is 0 Å². The summed E-state index contributed by atoms with van der Waals surface area (Å²) in [6.07, 6.45) is 2.45. The lowest BCUT2D eigenvalue weighted by Crippen LogP contribution is -2.27. The molecule has 1 aromatic heterocycles. The Balaban J connectivity index is 1.82. The van der Waals surface area contributed by atoms with Gasteiger partial charge in [0.15, 0.2) is 0 Å². The predicted molar refractivity (Wildman–Crippen MR) is 73.7 cm³/mol. The molecule has 0 aromatic carbocycles. The molecule has 1 saturated carbocycles. The maximum atomic E-state index is 12.0. The van der Waals surface area contributed by atoms with Crippen molar-refractivity contribution in [2.45, 2.75) is 30.6 Å². The van der Waals surface area contributed by atoms with Gasteiger partial charge in [-0.2, -0.15) is 0 Å². The monoisotopic (exact) mass is 305 g/mol. The highest BCUT2D eigenvalue weighted by Gasteiger charge is 2.21. The van der Waals surface area contributed by atoms with Crippen molar-refractivity contribution in [2.24, 2.45) is 5.92 Å². The fraction of sp³-hybridized carbons (Fsp3) is 0.667. The van der Waals surface area contributed by atoms with E-state index in [9.17, 15) is 8.42 Å². The molecule has 1 aliphatic carbocycles. The van der Waals surface area contributed by atoms with Gasteiger partial charge >= 0.3 is 0 Å². The number of rotatable bonds is 8. The second-order valence-electron chi connectivity index (χ2n) is 4.75. The first kappa shape index (κ1) is 14.9. The van der Waals surface area contributed by atoms with Gasteiger partial charge in [-0.3, -0.25) is 0 Å². The number of nitrogens with one attached hydrogen (secondary N) is 1. The van der Waals surface area contributed by atoms with Crippen LogP contribution in [0.2, 0.25) is 0 Å². The van der Waals surface area contributed by atoms with Crippen LogP contribution in [-0.4, -0.2) is 33.3 Å². The molecule has 0 spiro atoms. The molecule has 2 rings (SSSR count). The molecule has 1 aliphatic rings. The third-order valence-corrected chi connectivity index (χ3v) is 6.15. The molecule has 2 N–H and O–H groups in total. The van der Waals surface area contributed by atoms with Crippen LogP contribution in [0.25, 0.3) is 0 Å². The second-order valence-corrected chi connectivity index (χ2v) is 7.88. The fourth-order valence-corrected chi connectivity index (χ4v) is 4.14. The molecule has 1 fully saturated rings. The number of ether oxygens (including phenoxy) is 1. The van der Waals surface area contributed by atoms with Crippen molar-refractivity contribution in [3.8, 4) is 0 Å². The molecular weight excluding hydrogens is 286 g/mol. The standard InChI is InChI=1S/C12H19NO4S2/c1-9-6-12(18-11(9)7-14)19(15,16)13-4-5-17-8-10-2-3-10/h6,10,13-14H,2-5,7-8H2,1H3. The van der Waals surface area contributed by atoms with Crippen LogP contribution in [0.15, 0.2) is 10.3 Å². The second kappa shape index (κ2) is 6.32. The lowest BCUT2D eigenvalue weighted by molar-refractivity contribution is 0.129. The van der Waals surface area contributed by atoms with Gasteiger partial charge in [0.2, 0.25) is 10.0 Å². The molecule has 0 aliphatic heterocycles. The topological polar surface area (TPSA) is 75.6 Å². The van der Waals surface area contributed by atoms with Gasteiger partial charge in [0.05, 0.1) is 13.2 Å². The van der Waals surface area contributed by atoms with E-state index in [1.807, 2.05) is 0 Å². The molecule has 0 unspecified atom stereocenters. The summed E-state index contributed by atoms with van der Waals surface area (Å²) in [7, 11) is -3.48. The number of sulfonamides is 1. The first-order valence-corrected chi connectivity index (χ1v) is 8.60. The van der Waals surface area contributed by atoms with Gasteiger partial charge in [0.25, 0.3) is 0 Å². The van der Waals surface area contributed by atoms with Crippen LogP contribution in [0.3, 0.4) is 0 Å². The van der Waals surface area contributed by atoms with E-state index in [0.29, 0.717) is 17.4 Å². The third-order valence-electron chi connectivity index (χ3n) is 3.00. The summed E-state index contributed by atoms with van der Waals surface area (Å²) in [5, 5.41) is 9.08. The summed E-state index contributed by atoms with van der Waals surface area (Å²) in [6, 6.07) is 1.59. The van der Waals surface area contributed by atoms with E-state index >= 15 is 0 Å². The van der Waals surface area contributed by atoms with E-state index in [1.165, 1.54) is 12.8 Å². The zero-order valence-corrected chi connectivity index (χ0v) is 12.5. The summed E-state index contributed by atoms with van der Waals surface area (Å²) < 4.78 is 32.1. The molecule has 5 nitrogen and oxygen atoms in total. The number of hydrogen-bond donors (Lipinski definition) is 2. The summed E-state index contributed by atoms with van der Waals surface area (Å²) in [5.41, 5.74) is 0.804. The van der Waals surface area contributed by atoms with Crippen molar-refractivity contribution in [3.63, 3.8) is 0 Å². The molecular formula is C12H19NO4S2. The quantitative estimate of drug-likeness (QED) is 0.709. The fourth-order valence-electron chi connectivity index (χ4n) is 1.63. The summed E-state index contributed by atoms with van der Waals surface area (Å²) >= 11 is 1.10. The minimum absolute atomic E-state index is 0.128. The van der Waals surface area contributed by atoms with Crippen LogP contribution < -0.4 is 4.72 Å². The van der Waals surface area contributed by atoms with Crippen LogP contribution in [0.5, 0.6) is 0 Å². The SMILES string of the molecule is Cc1cc(S(=O)(=O)NCCOCC2CC2)sc1CO. The largest absolute Gasteiger partial charge is 0.391 e. The Morgan fingerprint density at radius 1 is 1.53 bits per heavy atom. The van der Waals surface area contributed by atoms with Crippen LogP contribution in [0.1, 0.15) is 23.3 Å². The molecule has 0 radical (unpaired) electrons. The maximum Gasteiger partial charge on any atom is 0.250 e. The van der Waals surface area contributed by atoms with Crippen LogP contribution in [-0.2, 0) is 21.4 Å². The minimum atomic E-state index is -3.48. The van der Waals surface area contributed by atoms with Gasteiger partial charge in [-0.15, -0.1) is 11.3 Å². The zero-order valence-electron chi connectivity index (χ0n) is 10.9. The first-order valence-electron chi connectivity index (χ1n) is 6.30. The van der Waals surface area contributed by atoms with Gasteiger partial charge in [0.1, 0.15) is 4.21 Å². The highest BCUT2D eigenvalue weighted by molar-refractivity contribution is 7.91. The summed E-state index contributed by atoms with van der Waals surface area (Å²) in [4.78, 5) is 0.686. The number of aliphatic hydroxyl groups excluding tert-OH is 1. The summed E-state index contributed by atoms with van der Waals surface area (Å²) in [6.45, 7) is 3.07. The lowest BCUT2D eigenvalue weighted by Gasteiger charge is -2.05. The van der Waals surface area contributed by atoms with Crippen molar-refractivity contribution < 1.29 is 18.3 Å². The van der Waals surface area contributed by atoms with Crippen molar-refractivity contribution in [1.82, 2.24) is 4.72 Å². The Hall–Kier alpha value is -0.470. The smallest absolute Gasteiger partial charge is 0.250 e. The van der Waals surface area contributed by atoms with Gasteiger partial charge in [-0.05, 0) is 37.3 Å². The zero-order chi connectivity index (χ0) is 13.9. The maximum absolute atomic E-state index is 12.0. The highest BCUT2D eigenvalue weighted by atomic mass is 32.2. The Morgan fingerprint density at radius 2 is 2.26 bits per heavy atom. The minimum Gasteiger partial charge on any atom is -0.391 e. The number of thiophene rings is 1. The Morgan fingerprint density at radius 3 is 2.84 bits per heavy atom. The van der Waals surface area contributed by atoms with E-state index in [0.717, 1.165) is 23.5 Å². The molecule has 0 saturated heterocycles. The molecule has 1 aromatic rings. The number of aryl methyl sites for hydroxylation is 1. The third kappa shape index (κ3) is 4.25. The van der Waals surface area contributed by atoms with E-state index in [4.69, 9.17) is 9.84 Å². The molecule has 19 heavy (non-hydrogen) atoms. The number of hydrogen-bond acceptors (Lipinski definition) is 5. The normalized spacial score (nSPS) is 15.9. The average Bonchev–Trinajstić information content (AvgIpc) is 3.10. The van der Waals surface area contributed by atoms with E-state index < -0.39 is 10.0 Å². The van der Waals surface area contributed by atoms with Crippen LogP contribution in [0.4, 0.5) is 0 Å². The average molecular weight is 305 g/mol. The first-order chi connectivity index (χ1) is 9.03. The Bertz CT molecular complexity index is 520. The van der Waals surface area contributed by atoms with Crippen molar-refractivity contribution in [2.75, 3.05) is 19.8 Å². The Kier molecular flexibility index (Phi) is 4.97. The molecule has 108 valence electrons. The highest BCUT2D eigenvalue weighted by Crippen LogP contribution is 2.28. The van der Waals surface area contributed by atoms with Gasteiger partial charge in [-0.1, -0.05) is 0 Å². The van der Waals surface area contributed by atoms with Gasteiger partial charge in [0, 0.05) is 18.0 Å².